The fraction of sp³-hybridized carbons (Fsp3) is 0.927. The van der Waals surface area contributed by atoms with Crippen molar-refractivity contribution in [1.29, 1.82) is 0 Å². The van der Waals surface area contributed by atoms with E-state index in [-0.39, 0.29) is 65.0 Å². The van der Waals surface area contributed by atoms with Gasteiger partial charge in [-0.1, -0.05) is 387 Å². The second-order valence-corrected chi connectivity index (χ2v) is 28.3. The van der Waals surface area contributed by atoms with E-state index in [1.807, 2.05) is 0 Å². The van der Waals surface area contributed by atoms with Crippen LogP contribution < -0.4 is 0 Å². The van der Waals surface area contributed by atoms with E-state index in [0.717, 1.165) is 77.0 Å². The number of carbonyl (C=O) groups excluding carboxylic acids is 6. The predicted octanol–water partition coefficient (Wildman–Crippen LogP) is 24.8. The van der Waals surface area contributed by atoms with Crippen LogP contribution in [0.5, 0.6) is 0 Å². The highest BCUT2D eigenvalue weighted by Gasteiger charge is 2.24. The van der Waals surface area contributed by atoms with E-state index < -0.39 is 48.0 Å². The molecule has 94 heavy (non-hydrogen) atoms. The lowest BCUT2D eigenvalue weighted by Crippen LogP contribution is -2.32. The van der Waals surface area contributed by atoms with Crippen LogP contribution in [-0.4, -0.2) is 74.5 Å². The summed E-state index contributed by atoms with van der Waals surface area (Å²) >= 11 is 0. The third kappa shape index (κ3) is 71.6. The topological polar surface area (TPSA) is 158 Å². The number of esters is 6. The molecule has 0 aliphatic heterocycles. The molecule has 12 nitrogen and oxygen atoms in total. The fourth-order valence-electron chi connectivity index (χ4n) is 12.5. The Labute approximate surface area is 580 Å². The molecule has 0 atom stereocenters. The molecule has 0 aliphatic rings. The van der Waals surface area contributed by atoms with Gasteiger partial charge in [0.25, 0.3) is 0 Å². The van der Waals surface area contributed by atoms with Crippen LogP contribution in [0.3, 0.4) is 0 Å². The van der Waals surface area contributed by atoms with Gasteiger partial charge in [0, 0.05) is 25.7 Å². The van der Waals surface area contributed by atoms with Crippen LogP contribution in [0.4, 0.5) is 0 Å². The maximum absolute atomic E-state index is 13.3. The smallest absolute Gasteiger partial charge is 0.306 e. The molecule has 0 fully saturated rings. The quantitative estimate of drug-likeness (QED) is 0.0323. The summed E-state index contributed by atoms with van der Waals surface area (Å²) in [5.41, 5.74) is 0. The van der Waals surface area contributed by atoms with Crippen LogP contribution in [0.1, 0.15) is 451 Å². The van der Waals surface area contributed by atoms with Crippen molar-refractivity contribution in [3.8, 4) is 0 Å². The first-order valence-corrected chi connectivity index (χ1v) is 41.2. The zero-order valence-electron chi connectivity index (χ0n) is 62.6. The highest BCUT2D eigenvalue weighted by Crippen LogP contribution is 2.20. The molecule has 0 N–H and O–H groups in total. The summed E-state index contributed by atoms with van der Waals surface area (Å²) in [6.07, 6.45) is 71.8. The fourth-order valence-corrected chi connectivity index (χ4v) is 12.5. The minimum atomic E-state index is -1.06. The monoisotopic (exact) mass is 1330 g/mol. The molecule has 0 amide bonds. The predicted molar refractivity (Wildman–Crippen MR) is 391 cm³/mol. The molecule has 0 unspecified atom stereocenters. The molecule has 0 aromatic carbocycles. The molecule has 0 radical (unpaired) electrons. The van der Waals surface area contributed by atoms with Crippen molar-refractivity contribution in [2.75, 3.05) is 26.4 Å². The van der Waals surface area contributed by atoms with E-state index in [2.05, 4.69) is 27.7 Å². The molecule has 554 valence electrons. The average Bonchev–Trinajstić information content (AvgIpc) is 3.68. The second-order valence-electron chi connectivity index (χ2n) is 28.3. The van der Waals surface area contributed by atoms with Crippen LogP contribution in [0.15, 0.2) is 0 Å². The summed E-state index contributed by atoms with van der Waals surface area (Å²) in [5.74, 6) is -3.11. The van der Waals surface area contributed by atoms with Gasteiger partial charge in [-0.25, -0.2) is 0 Å². The number of hydrogen-bond acceptors (Lipinski definition) is 12. The highest BCUT2D eigenvalue weighted by molar-refractivity contribution is 5.78. The molecular formula is C82H154O12. The van der Waals surface area contributed by atoms with Crippen molar-refractivity contribution in [2.45, 2.75) is 464 Å². The molecule has 0 rings (SSSR count). The average molecular weight is 1330 g/mol. The van der Waals surface area contributed by atoms with Crippen molar-refractivity contribution >= 4 is 35.8 Å². The van der Waals surface area contributed by atoms with Gasteiger partial charge < -0.3 is 28.4 Å². The first kappa shape index (κ1) is 90.8. The lowest BCUT2D eigenvalue weighted by atomic mass is 10.0. The summed E-state index contributed by atoms with van der Waals surface area (Å²) in [4.78, 5) is 78.3. The van der Waals surface area contributed by atoms with E-state index in [1.165, 1.54) is 283 Å². The molecule has 0 spiro atoms. The first-order valence-electron chi connectivity index (χ1n) is 41.2. The standard InChI is InChI=1S/C82H154O12/c1-5-9-13-17-21-25-29-33-37-41-45-49-53-57-61-65-77(83)89-71-75(72-90-78(84)66-62-58-54-50-46-42-38-34-30-26-22-18-14-10-6-2)93-81(87)69-70-82(88)94-76(73-91-79(85)67-63-59-55-51-47-43-39-35-31-27-23-19-15-11-7-3)74-92-80(86)68-64-60-56-52-48-44-40-36-32-28-24-20-16-12-8-4/h75-76H,5-74H2,1-4H3. The number of rotatable bonds is 77. The Morgan fingerprint density at radius 1 is 0.170 bits per heavy atom. The molecule has 0 aromatic heterocycles. The van der Waals surface area contributed by atoms with Gasteiger partial charge >= 0.3 is 35.8 Å². The van der Waals surface area contributed by atoms with Gasteiger partial charge in [-0.15, -0.1) is 0 Å². The zero-order chi connectivity index (χ0) is 68.4. The Bertz CT molecular complexity index is 1430. The van der Waals surface area contributed by atoms with E-state index in [4.69, 9.17) is 28.4 Å². The molecule has 0 aliphatic carbocycles. The molecule has 0 heterocycles. The van der Waals surface area contributed by atoms with Gasteiger partial charge in [0.2, 0.25) is 0 Å². The van der Waals surface area contributed by atoms with Gasteiger partial charge in [-0.2, -0.15) is 0 Å². The lowest BCUT2D eigenvalue weighted by molar-refractivity contribution is -0.170. The molecule has 0 saturated heterocycles. The third-order valence-electron chi connectivity index (χ3n) is 18.8. The lowest BCUT2D eigenvalue weighted by Gasteiger charge is -2.19. The highest BCUT2D eigenvalue weighted by atomic mass is 16.6. The minimum Gasteiger partial charge on any atom is -0.462 e. The third-order valence-corrected chi connectivity index (χ3v) is 18.8. The summed E-state index contributed by atoms with van der Waals surface area (Å²) in [6, 6.07) is 0. The molecule has 12 heteroatoms. The Kier molecular flexibility index (Phi) is 73.0. The summed E-state index contributed by atoms with van der Waals surface area (Å²) in [5, 5.41) is 0. The Hall–Kier alpha value is -3.18. The van der Waals surface area contributed by atoms with Crippen LogP contribution in [0.2, 0.25) is 0 Å². The minimum absolute atomic E-state index is 0.245. The summed E-state index contributed by atoms with van der Waals surface area (Å²) < 4.78 is 33.7. The van der Waals surface area contributed by atoms with Crippen LogP contribution in [0, 0.1) is 0 Å². The number of hydrogen-bond donors (Lipinski definition) is 0. The van der Waals surface area contributed by atoms with Crippen molar-refractivity contribution in [3.63, 3.8) is 0 Å². The van der Waals surface area contributed by atoms with Gasteiger partial charge in [0.05, 0.1) is 12.8 Å². The maximum Gasteiger partial charge on any atom is 0.306 e. The van der Waals surface area contributed by atoms with E-state index in [1.54, 1.807) is 0 Å². The number of ether oxygens (including phenoxy) is 6. The molecule has 0 aromatic rings. The Morgan fingerprint density at radius 3 is 0.436 bits per heavy atom. The first-order chi connectivity index (χ1) is 46.1. The Morgan fingerprint density at radius 2 is 0.298 bits per heavy atom. The second kappa shape index (κ2) is 75.6. The van der Waals surface area contributed by atoms with Crippen LogP contribution in [0.25, 0.3) is 0 Å². The van der Waals surface area contributed by atoms with Gasteiger partial charge in [-0.05, 0) is 25.7 Å². The molecular weight excluding hydrogens is 1180 g/mol. The van der Waals surface area contributed by atoms with E-state index in [9.17, 15) is 28.8 Å². The van der Waals surface area contributed by atoms with E-state index >= 15 is 0 Å². The van der Waals surface area contributed by atoms with Gasteiger partial charge in [0.15, 0.2) is 12.2 Å². The molecule has 0 saturated carbocycles. The van der Waals surface area contributed by atoms with Crippen molar-refractivity contribution in [3.05, 3.63) is 0 Å². The molecule has 0 bridgehead atoms. The van der Waals surface area contributed by atoms with Crippen molar-refractivity contribution in [1.82, 2.24) is 0 Å². The van der Waals surface area contributed by atoms with Crippen molar-refractivity contribution < 1.29 is 57.2 Å². The number of carbonyl (C=O) groups is 6. The normalized spacial score (nSPS) is 11.4. The van der Waals surface area contributed by atoms with Crippen LogP contribution in [-0.2, 0) is 57.2 Å². The van der Waals surface area contributed by atoms with Crippen LogP contribution >= 0.6 is 0 Å². The van der Waals surface area contributed by atoms with E-state index in [0.29, 0.717) is 25.7 Å². The van der Waals surface area contributed by atoms with Gasteiger partial charge in [0.1, 0.15) is 26.4 Å². The summed E-state index contributed by atoms with van der Waals surface area (Å²) in [7, 11) is 0. The maximum atomic E-state index is 13.3. The summed E-state index contributed by atoms with van der Waals surface area (Å²) in [6.45, 7) is 7.92. The van der Waals surface area contributed by atoms with Gasteiger partial charge in [-0.3, -0.25) is 28.8 Å². The zero-order valence-corrected chi connectivity index (χ0v) is 62.6. The van der Waals surface area contributed by atoms with Crippen molar-refractivity contribution in [2.24, 2.45) is 0 Å². The SMILES string of the molecule is CCCCCCCCCCCCCCCCCC(=O)OCC(COC(=O)CCCCCCCCCCCCCCCCC)OC(=O)CCC(=O)OC(COC(=O)CCCCCCCCCCCCCCCCC)COC(=O)CCCCCCCCCCCCCCCCC. The largest absolute Gasteiger partial charge is 0.462 e. The number of unbranched alkanes of at least 4 members (excludes halogenated alkanes) is 56. The Balaban J connectivity index is 5.25.